The Morgan fingerprint density at radius 2 is 1.71 bits per heavy atom. The van der Waals surface area contributed by atoms with Gasteiger partial charge in [-0.05, 0) is 67.4 Å². The zero-order chi connectivity index (χ0) is 21.8. The van der Waals surface area contributed by atoms with Crippen LogP contribution in [0.3, 0.4) is 0 Å². The van der Waals surface area contributed by atoms with Crippen molar-refractivity contribution in [3.8, 4) is 11.5 Å². The molecule has 2 heterocycles. The third kappa shape index (κ3) is 4.77. The number of pyridine rings is 1. The minimum Gasteiger partial charge on any atom is -0.456 e. The maximum atomic E-state index is 13.9. The zero-order valence-electron chi connectivity index (χ0n) is 16.6. The molecule has 1 amide bonds. The van der Waals surface area contributed by atoms with Gasteiger partial charge in [0.05, 0.1) is 11.8 Å². The van der Waals surface area contributed by atoms with E-state index in [0.717, 1.165) is 18.2 Å². The molecular formula is C24H20F2N2O3. The monoisotopic (exact) mass is 422 g/mol. The Labute approximate surface area is 178 Å². The third-order valence-corrected chi connectivity index (χ3v) is 5.32. The lowest BCUT2D eigenvalue weighted by Gasteiger charge is -2.31. The fraction of sp³-hybridized carbons (Fsp3) is 0.208. The van der Waals surface area contributed by atoms with Crippen molar-refractivity contribution in [2.45, 2.75) is 12.8 Å². The lowest BCUT2D eigenvalue weighted by Crippen LogP contribution is -2.40. The quantitative estimate of drug-likeness (QED) is 0.550. The lowest BCUT2D eigenvalue weighted by atomic mass is 9.88. The van der Waals surface area contributed by atoms with Crippen molar-refractivity contribution in [3.63, 3.8) is 0 Å². The number of amides is 1. The first-order valence-electron chi connectivity index (χ1n) is 9.98. The van der Waals surface area contributed by atoms with Crippen molar-refractivity contribution < 1.29 is 23.1 Å². The summed E-state index contributed by atoms with van der Waals surface area (Å²) in [7, 11) is 0. The summed E-state index contributed by atoms with van der Waals surface area (Å²) in [5.41, 5.74) is 0.286. The molecular weight excluding hydrogens is 402 g/mol. The number of piperidine rings is 1. The highest BCUT2D eigenvalue weighted by atomic mass is 19.1. The van der Waals surface area contributed by atoms with Gasteiger partial charge in [0.25, 0.3) is 5.91 Å². The maximum Gasteiger partial charge on any atom is 0.253 e. The van der Waals surface area contributed by atoms with Gasteiger partial charge in [-0.2, -0.15) is 0 Å². The Hall–Kier alpha value is -3.61. The van der Waals surface area contributed by atoms with Crippen LogP contribution in [-0.2, 0) is 0 Å². The van der Waals surface area contributed by atoms with Gasteiger partial charge in [0.2, 0.25) is 0 Å². The minimum atomic E-state index is -0.724. The van der Waals surface area contributed by atoms with E-state index in [0.29, 0.717) is 43.0 Å². The highest BCUT2D eigenvalue weighted by Crippen LogP contribution is 2.26. The maximum absolute atomic E-state index is 13.9. The Kier molecular flexibility index (Phi) is 6.02. The second-order valence-corrected chi connectivity index (χ2v) is 7.37. The number of carbonyl (C=O) groups excluding carboxylic acids is 2. The summed E-state index contributed by atoms with van der Waals surface area (Å²) in [6.45, 7) is 0.750. The highest BCUT2D eigenvalue weighted by molar-refractivity contribution is 5.98. The molecule has 1 fully saturated rings. The first-order chi connectivity index (χ1) is 15.0. The Bertz CT molecular complexity index is 1080. The van der Waals surface area contributed by atoms with Gasteiger partial charge in [-0.25, -0.2) is 8.78 Å². The van der Waals surface area contributed by atoms with E-state index >= 15 is 0 Å². The Balaban J connectivity index is 1.36. The Morgan fingerprint density at radius 1 is 0.968 bits per heavy atom. The van der Waals surface area contributed by atoms with E-state index in [1.54, 1.807) is 53.7 Å². The first kappa shape index (κ1) is 20.7. The smallest absolute Gasteiger partial charge is 0.253 e. The molecule has 0 N–H and O–H groups in total. The van der Waals surface area contributed by atoms with E-state index in [9.17, 15) is 18.4 Å². The van der Waals surface area contributed by atoms with E-state index < -0.39 is 23.3 Å². The molecule has 0 atom stereocenters. The van der Waals surface area contributed by atoms with Crippen molar-refractivity contribution in [1.82, 2.24) is 9.88 Å². The van der Waals surface area contributed by atoms with Gasteiger partial charge < -0.3 is 9.64 Å². The number of likely N-dealkylation sites (tertiary alicyclic amines) is 1. The molecule has 1 aliphatic rings. The van der Waals surface area contributed by atoms with Crippen LogP contribution in [0.25, 0.3) is 0 Å². The normalized spacial score (nSPS) is 14.3. The van der Waals surface area contributed by atoms with Gasteiger partial charge in [0.15, 0.2) is 5.78 Å². The summed E-state index contributed by atoms with van der Waals surface area (Å²) in [6, 6.07) is 13.2. The average Bonchev–Trinajstić information content (AvgIpc) is 2.81. The number of hydrogen-bond donors (Lipinski definition) is 0. The van der Waals surface area contributed by atoms with Crippen LogP contribution >= 0.6 is 0 Å². The number of halogens is 2. The molecule has 2 aromatic carbocycles. The molecule has 0 unspecified atom stereocenters. The van der Waals surface area contributed by atoms with E-state index in [1.165, 1.54) is 0 Å². The number of carbonyl (C=O) groups is 2. The zero-order valence-corrected chi connectivity index (χ0v) is 16.6. The summed E-state index contributed by atoms with van der Waals surface area (Å²) in [5, 5.41) is 0. The minimum absolute atomic E-state index is 0.143. The summed E-state index contributed by atoms with van der Waals surface area (Å²) in [5.74, 6) is -1.17. The molecule has 1 aliphatic heterocycles. The van der Waals surface area contributed by atoms with Gasteiger partial charge in [-0.1, -0.05) is 0 Å². The summed E-state index contributed by atoms with van der Waals surface area (Å²) >= 11 is 0. The molecule has 4 rings (SSSR count). The van der Waals surface area contributed by atoms with Crippen molar-refractivity contribution in [2.24, 2.45) is 5.92 Å². The van der Waals surface area contributed by atoms with Crippen LogP contribution in [0.15, 0.2) is 67.0 Å². The number of rotatable bonds is 5. The van der Waals surface area contributed by atoms with E-state index in [-0.39, 0.29) is 11.5 Å². The Morgan fingerprint density at radius 3 is 2.39 bits per heavy atom. The fourth-order valence-corrected chi connectivity index (χ4v) is 3.64. The molecule has 0 bridgehead atoms. The van der Waals surface area contributed by atoms with Gasteiger partial charge in [0.1, 0.15) is 23.1 Å². The molecule has 0 aliphatic carbocycles. The molecule has 3 aromatic rings. The molecule has 0 saturated carbocycles. The van der Waals surface area contributed by atoms with Crippen molar-refractivity contribution >= 4 is 11.7 Å². The molecule has 158 valence electrons. The van der Waals surface area contributed by atoms with Crippen LogP contribution < -0.4 is 4.74 Å². The van der Waals surface area contributed by atoms with Crippen LogP contribution in [0, 0.1) is 17.6 Å². The number of benzene rings is 2. The van der Waals surface area contributed by atoms with Crippen molar-refractivity contribution in [1.29, 1.82) is 0 Å². The predicted octanol–water partition coefficient (Wildman–Crippen LogP) is 4.89. The van der Waals surface area contributed by atoms with Gasteiger partial charge in [-0.15, -0.1) is 0 Å². The van der Waals surface area contributed by atoms with Gasteiger partial charge >= 0.3 is 0 Å². The van der Waals surface area contributed by atoms with E-state index in [4.69, 9.17) is 4.74 Å². The van der Waals surface area contributed by atoms with Crippen molar-refractivity contribution in [2.75, 3.05) is 13.1 Å². The number of hydrogen-bond acceptors (Lipinski definition) is 4. The number of aromatic nitrogens is 1. The van der Waals surface area contributed by atoms with Gasteiger partial charge in [0, 0.05) is 30.8 Å². The SMILES string of the molecule is O=C(c1cc(F)ccc1F)C1CCN(C(=O)c2ccc(Oc3cccnc3)cc2)CC1. The van der Waals surface area contributed by atoms with E-state index in [2.05, 4.69) is 4.98 Å². The number of nitrogens with zero attached hydrogens (tertiary/aromatic N) is 2. The number of ether oxygens (including phenoxy) is 1. The fourth-order valence-electron chi connectivity index (χ4n) is 3.64. The third-order valence-electron chi connectivity index (χ3n) is 5.32. The second kappa shape index (κ2) is 9.04. The second-order valence-electron chi connectivity index (χ2n) is 7.37. The van der Waals surface area contributed by atoms with Crippen LogP contribution in [-0.4, -0.2) is 34.7 Å². The van der Waals surface area contributed by atoms with Gasteiger partial charge in [-0.3, -0.25) is 14.6 Å². The lowest BCUT2D eigenvalue weighted by molar-refractivity contribution is 0.0649. The summed E-state index contributed by atoms with van der Waals surface area (Å²) in [4.78, 5) is 31.0. The predicted molar refractivity (Wildman–Crippen MR) is 110 cm³/mol. The van der Waals surface area contributed by atoms with E-state index in [1.807, 2.05) is 0 Å². The van der Waals surface area contributed by atoms with Crippen molar-refractivity contribution in [3.05, 3.63) is 89.8 Å². The number of ketones is 1. The van der Waals surface area contributed by atoms with Crippen LogP contribution in [0.4, 0.5) is 8.78 Å². The highest BCUT2D eigenvalue weighted by Gasteiger charge is 2.29. The van der Waals surface area contributed by atoms with Crippen LogP contribution in [0.1, 0.15) is 33.6 Å². The number of Topliss-reactive ketones (excluding diaryl/α,β-unsaturated/α-hetero) is 1. The molecule has 0 spiro atoms. The standard InChI is InChI=1S/C24H20F2N2O3/c25-18-5-8-22(26)21(14-18)23(29)16-9-12-28(13-10-16)24(30)17-3-6-19(7-4-17)31-20-2-1-11-27-15-20/h1-8,11,14-16H,9-10,12-13H2. The first-order valence-corrected chi connectivity index (χ1v) is 9.98. The molecule has 7 heteroatoms. The molecule has 31 heavy (non-hydrogen) atoms. The summed E-state index contributed by atoms with van der Waals surface area (Å²) < 4.78 is 33.0. The van der Waals surface area contributed by atoms with Crippen LogP contribution in [0.5, 0.6) is 11.5 Å². The largest absolute Gasteiger partial charge is 0.456 e. The molecule has 1 saturated heterocycles. The molecule has 1 aromatic heterocycles. The topological polar surface area (TPSA) is 59.5 Å². The molecule has 5 nitrogen and oxygen atoms in total. The molecule has 0 radical (unpaired) electrons. The van der Waals surface area contributed by atoms with Crippen LogP contribution in [0.2, 0.25) is 0 Å². The average molecular weight is 422 g/mol. The summed E-state index contributed by atoms with van der Waals surface area (Å²) in [6.07, 6.45) is 4.06.